The Labute approximate surface area is 137 Å². The fourth-order valence-corrected chi connectivity index (χ4v) is 1.97. The van der Waals surface area contributed by atoms with Crippen LogP contribution in [0.2, 0.25) is 10.0 Å². The standard InChI is InChI=1S/C13H15Cl2N5O2/c1-7(2)20-6-12(18-19-20)17-13(21)16-10-4-8(14)9(15)5-11(10)22-3/h4-7H,1-3H3,(H2,16,17,21). The Bertz CT molecular complexity index is 687. The molecule has 0 atom stereocenters. The molecular weight excluding hydrogens is 329 g/mol. The van der Waals surface area contributed by atoms with Crippen molar-refractivity contribution in [3.8, 4) is 5.75 Å². The quantitative estimate of drug-likeness (QED) is 0.884. The Morgan fingerprint density at radius 3 is 2.55 bits per heavy atom. The van der Waals surface area contributed by atoms with Crippen molar-refractivity contribution in [1.29, 1.82) is 0 Å². The van der Waals surface area contributed by atoms with Crippen molar-refractivity contribution < 1.29 is 9.53 Å². The first-order chi connectivity index (χ1) is 10.4. The predicted molar refractivity (Wildman–Crippen MR) is 86.1 cm³/mol. The summed E-state index contributed by atoms with van der Waals surface area (Å²) in [6.07, 6.45) is 1.64. The molecule has 118 valence electrons. The van der Waals surface area contributed by atoms with Gasteiger partial charge in [0, 0.05) is 12.1 Å². The van der Waals surface area contributed by atoms with E-state index in [2.05, 4.69) is 20.9 Å². The summed E-state index contributed by atoms with van der Waals surface area (Å²) < 4.78 is 6.78. The number of benzene rings is 1. The molecular formula is C13H15Cl2N5O2. The number of rotatable bonds is 4. The van der Waals surface area contributed by atoms with Crippen LogP contribution in [0.5, 0.6) is 5.75 Å². The molecule has 0 unspecified atom stereocenters. The molecule has 7 nitrogen and oxygen atoms in total. The first kappa shape index (κ1) is 16.4. The monoisotopic (exact) mass is 343 g/mol. The molecule has 2 amide bonds. The molecule has 0 saturated heterocycles. The Kier molecular flexibility index (Phi) is 5.10. The zero-order valence-corrected chi connectivity index (χ0v) is 13.7. The number of nitrogens with zero attached hydrogens (tertiary/aromatic N) is 3. The number of hydrogen-bond acceptors (Lipinski definition) is 4. The van der Waals surface area contributed by atoms with Crippen molar-refractivity contribution in [1.82, 2.24) is 15.0 Å². The average molecular weight is 344 g/mol. The maximum atomic E-state index is 12.0. The van der Waals surface area contributed by atoms with Gasteiger partial charge < -0.3 is 10.1 Å². The molecule has 0 fully saturated rings. The van der Waals surface area contributed by atoms with Crippen LogP contribution in [0, 0.1) is 0 Å². The Morgan fingerprint density at radius 1 is 1.27 bits per heavy atom. The maximum Gasteiger partial charge on any atom is 0.325 e. The summed E-state index contributed by atoms with van der Waals surface area (Å²) in [6, 6.07) is 2.69. The maximum absolute atomic E-state index is 12.0. The second-order valence-corrected chi connectivity index (χ2v) is 5.54. The highest BCUT2D eigenvalue weighted by Crippen LogP contribution is 2.34. The minimum Gasteiger partial charge on any atom is -0.495 e. The summed E-state index contributed by atoms with van der Waals surface area (Å²) in [4.78, 5) is 12.0. The van der Waals surface area contributed by atoms with E-state index in [9.17, 15) is 4.79 Å². The molecule has 2 N–H and O–H groups in total. The third kappa shape index (κ3) is 3.80. The second-order valence-electron chi connectivity index (χ2n) is 4.72. The number of amides is 2. The topological polar surface area (TPSA) is 81.1 Å². The van der Waals surface area contributed by atoms with Gasteiger partial charge in [-0.05, 0) is 19.9 Å². The molecule has 0 aliphatic heterocycles. The zero-order chi connectivity index (χ0) is 16.3. The normalized spacial score (nSPS) is 10.6. The third-order valence-corrected chi connectivity index (χ3v) is 3.49. The fourth-order valence-electron chi connectivity index (χ4n) is 1.65. The van der Waals surface area contributed by atoms with Crippen molar-refractivity contribution in [2.24, 2.45) is 0 Å². The Morgan fingerprint density at radius 2 is 1.95 bits per heavy atom. The summed E-state index contributed by atoms with van der Waals surface area (Å²) in [5.41, 5.74) is 0.394. The highest BCUT2D eigenvalue weighted by Gasteiger charge is 2.12. The lowest BCUT2D eigenvalue weighted by Gasteiger charge is -2.11. The lowest BCUT2D eigenvalue weighted by molar-refractivity contribution is 0.262. The van der Waals surface area contributed by atoms with Gasteiger partial charge in [0.15, 0.2) is 5.82 Å². The molecule has 0 spiro atoms. The number of nitrogens with one attached hydrogen (secondary N) is 2. The molecule has 0 bridgehead atoms. The van der Waals surface area contributed by atoms with Gasteiger partial charge in [0.2, 0.25) is 0 Å². The fraction of sp³-hybridized carbons (Fsp3) is 0.308. The molecule has 1 aromatic heterocycles. The molecule has 2 aromatic rings. The first-order valence-corrected chi connectivity index (χ1v) is 7.19. The number of carbonyl (C=O) groups is 1. The van der Waals surface area contributed by atoms with E-state index in [1.54, 1.807) is 10.9 Å². The summed E-state index contributed by atoms with van der Waals surface area (Å²) >= 11 is 11.8. The molecule has 0 aliphatic carbocycles. The van der Waals surface area contributed by atoms with Crippen molar-refractivity contribution >= 4 is 40.7 Å². The van der Waals surface area contributed by atoms with E-state index in [0.29, 0.717) is 27.3 Å². The van der Waals surface area contributed by atoms with Gasteiger partial charge in [-0.15, -0.1) is 5.10 Å². The number of urea groups is 1. The van der Waals surface area contributed by atoms with E-state index < -0.39 is 6.03 Å². The van der Waals surface area contributed by atoms with E-state index in [1.807, 2.05) is 13.8 Å². The molecule has 22 heavy (non-hydrogen) atoms. The molecule has 0 aliphatic rings. The molecule has 9 heteroatoms. The highest BCUT2D eigenvalue weighted by molar-refractivity contribution is 6.42. The minimum absolute atomic E-state index is 0.154. The number of carbonyl (C=O) groups excluding carboxylic acids is 1. The van der Waals surface area contributed by atoms with Gasteiger partial charge in [0.1, 0.15) is 5.75 Å². The average Bonchev–Trinajstić information content (AvgIpc) is 2.91. The molecule has 0 radical (unpaired) electrons. The third-order valence-electron chi connectivity index (χ3n) is 2.77. The number of methoxy groups -OCH3 is 1. The van der Waals surface area contributed by atoms with Crippen molar-refractivity contribution in [3.05, 3.63) is 28.4 Å². The Balaban J connectivity index is 2.10. The van der Waals surface area contributed by atoms with Gasteiger partial charge in [0.05, 0.1) is 29.0 Å². The van der Waals surface area contributed by atoms with Gasteiger partial charge in [-0.2, -0.15) is 0 Å². The van der Waals surface area contributed by atoms with Crippen LogP contribution in [-0.4, -0.2) is 28.1 Å². The van der Waals surface area contributed by atoms with Crippen LogP contribution in [0.15, 0.2) is 18.3 Å². The van der Waals surface area contributed by atoms with E-state index in [0.717, 1.165) is 0 Å². The molecule has 1 aromatic carbocycles. The summed E-state index contributed by atoms with van der Waals surface area (Å²) in [5, 5.41) is 13.6. The van der Waals surface area contributed by atoms with Crippen LogP contribution < -0.4 is 15.4 Å². The van der Waals surface area contributed by atoms with Crippen molar-refractivity contribution in [2.75, 3.05) is 17.7 Å². The van der Waals surface area contributed by atoms with Crippen molar-refractivity contribution in [3.63, 3.8) is 0 Å². The van der Waals surface area contributed by atoms with Crippen LogP contribution in [0.4, 0.5) is 16.3 Å². The van der Waals surface area contributed by atoms with Crippen LogP contribution in [0.3, 0.4) is 0 Å². The van der Waals surface area contributed by atoms with Crippen molar-refractivity contribution in [2.45, 2.75) is 19.9 Å². The van der Waals surface area contributed by atoms with Crippen LogP contribution in [0.1, 0.15) is 19.9 Å². The van der Waals surface area contributed by atoms with Gasteiger partial charge in [-0.1, -0.05) is 28.4 Å². The lowest BCUT2D eigenvalue weighted by Crippen LogP contribution is -2.20. The van der Waals surface area contributed by atoms with E-state index in [-0.39, 0.29) is 6.04 Å². The number of halogens is 2. The van der Waals surface area contributed by atoms with Gasteiger partial charge in [-0.25, -0.2) is 9.48 Å². The van der Waals surface area contributed by atoms with E-state index >= 15 is 0 Å². The van der Waals surface area contributed by atoms with Gasteiger partial charge in [-0.3, -0.25) is 5.32 Å². The smallest absolute Gasteiger partial charge is 0.325 e. The SMILES string of the molecule is COc1cc(Cl)c(Cl)cc1NC(=O)Nc1cn(C(C)C)nn1. The number of anilines is 2. The number of aromatic nitrogens is 3. The Hall–Kier alpha value is -1.99. The first-order valence-electron chi connectivity index (χ1n) is 6.43. The van der Waals surface area contributed by atoms with Gasteiger partial charge >= 0.3 is 6.03 Å². The van der Waals surface area contributed by atoms with Crippen LogP contribution in [-0.2, 0) is 0 Å². The largest absolute Gasteiger partial charge is 0.495 e. The molecule has 1 heterocycles. The summed E-state index contributed by atoms with van der Waals surface area (Å²) in [7, 11) is 1.47. The number of hydrogen-bond donors (Lipinski definition) is 2. The van der Waals surface area contributed by atoms with Crippen LogP contribution in [0.25, 0.3) is 0 Å². The number of ether oxygens (including phenoxy) is 1. The lowest BCUT2D eigenvalue weighted by atomic mass is 10.3. The molecule has 2 rings (SSSR count). The van der Waals surface area contributed by atoms with Gasteiger partial charge in [0.25, 0.3) is 0 Å². The zero-order valence-electron chi connectivity index (χ0n) is 12.2. The highest BCUT2D eigenvalue weighted by atomic mass is 35.5. The minimum atomic E-state index is -0.493. The van der Waals surface area contributed by atoms with Crippen LogP contribution >= 0.6 is 23.2 Å². The molecule has 0 saturated carbocycles. The second kappa shape index (κ2) is 6.85. The predicted octanol–water partition coefficient (Wildman–Crippen LogP) is 3.82. The summed E-state index contributed by atoms with van der Waals surface area (Å²) in [6.45, 7) is 3.91. The summed E-state index contributed by atoms with van der Waals surface area (Å²) in [5.74, 6) is 0.737. The van der Waals surface area contributed by atoms with E-state index in [4.69, 9.17) is 27.9 Å². The van der Waals surface area contributed by atoms with E-state index in [1.165, 1.54) is 19.2 Å².